The van der Waals surface area contributed by atoms with Gasteiger partial charge in [-0.1, -0.05) is 30.0 Å². The third-order valence-corrected chi connectivity index (χ3v) is 5.60. The largest absolute Gasteiger partial charge is 0.449 e. The van der Waals surface area contributed by atoms with E-state index in [1.807, 2.05) is 0 Å². The first-order valence-corrected chi connectivity index (χ1v) is 11.0. The maximum absolute atomic E-state index is 13.0. The summed E-state index contributed by atoms with van der Waals surface area (Å²) in [7, 11) is 0. The summed E-state index contributed by atoms with van der Waals surface area (Å²) in [5.74, 6) is -1.77. The van der Waals surface area contributed by atoms with Gasteiger partial charge in [-0.25, -0.2) is 4.79 Å². The second-order valence-corrected chi connectivity index (χ2v) is 8.11. The number of nitrogens with zero attached hydrogens (tertiary/aromatic N) is 1. The topological polar surface area (TPSA) is 105 Å². The molecule has 3 rings (SSSR count). The van der Waals surface area contributed by atoms with Crippen molar-refractivity contribution in [3.63, 3.8) is 0 Å². The number of carbonyl (C=O) groups is 4. The van der Waals surface area contributed by atoms with Gasteiger partial charge in [-0.05, 0) is 37.3 Å². The molecule has 8 nitrogen and oxygen atoms in total. The highest BCUT2D eigenvalue weighted by atomic mass is 32.2. The molecule has 1 atom stereocenters. The Morgan fingerprint density at radius 1 is 1.15 bits per heavy atom. The zero-order chi connectivity index (χ0) is 24.9. The van der Waals surface area contributed by atoms with Crippen molar-refractivity contribution in [3.8, 4) is 0 Å². The first kappa shape index (κ1) is 25.1. The number of benzene rings is 2. The first-order valence-electron chi connectivity index (χ1n) is 10.1. The minimum atomic E-state index is -4.52. The number of ether oxygens (including phenoxy) is 1. The van der Waals surface area contributed by atoms with Gasteiger partial charge in [0.15, 0.2) is 6.10 Å². The number of alkyl halides is 3. The predicted octanol–water partition coefficient (Wildman–Crippen LogP) is 3.81. The van der Waals surface area contributed by atoms with E-state index in [-0.39, 0.29) is 46.9 Å². The zero-order valence-corrected chi connectivity index (χ0v) is 18.7. The second-order valence-electron chi connectivity index (χ2n) is 7.19. The van der Waals surface area contributed by atoms with E-state index >= 15 is 0 Å². The third kappa shape index (κ3) is 6.28. The third-order valence-electron chi connectivity index (χ3n) is 4.74. The molecule has 1 heterocycles. The first-order chi connectivity index (χ1) is 16.1. The summed E-state index contributed by atoms with van der Waals surface area (Å²) >= 11 is 0.882. The van der Waals surface area contributed by atoms with Crippen molar-refractivity contribution in [2.24, 2.45) is 0 Å². The fourth-order valence-corrected chi connectivity index (χ4v) is 3.76. The van der Waals surface area contributed by atoms with E-state index in [0.717, 1.165) is 28.8 Å². The lowest BCUT2D eigenvalue weighted by atomic mass is 10.1. The normalized spacial score (nSPS) is 14.6. The monoisotopic (exact) mass is 495 g/mol. The Hall–Kier alpha value is -3.54. The van der Waals surface area contributed by atoms with Crippen LogP contribution in [0.1, 0.15) is 22.8 Å². The molecule has 1 saturated heterocycles. The fourth-order valence-electron chi connectivity index (χ4n) is 3.01. The summed E-state index contributed by atoms with van der Waals surface area (Å²) in [6.45, 7) is 1.34. The predicted molar refractivity (Wildman–Crippen MR) is 119 cm³/mol. The van der Waals surface area contributed by atoms with Gasteiger partial charge in [0.1, 0.15) is 0 Å². The highest BCUT2D eigenvalue weighted by Gasteiger charge is 2.31. The van der Waals surface area contributed by atoms with Gasteiger partial charge in [-0.3, -0.25) is 19.3 Å². The van der Waals surface area contributed by atoms with Crippen LogP contribution >= 0.6 is 11.8 Å². The van der Waals surface area contributed by atoms with Gasteiger partial charge in [0, 0.05) is 18.8 Å². The maximum atomic E-state index is 13.0. The Kier molecular flexibility index (Phi) is 7.82. The summed E-state index contributed by atoms with van der Waals surface area (Å²) in [4.78, 5) is 49.0. The van der Waals surface area contributed by atoms with Crippen molar-refractivity contribution in [1.82, 2.24) is 10.2 Å². The standard InChI is InChI=1S/C22H20F3N3O5S/c1-13(19(30)26-9-10-28-18(29)12-34-21(28)32)33-20(31)16-7-2-3-8-17(16)27-15-6-4-5-14(11-15)22(23,24)25/h2-8,11,13,27H,9-10,12H2,1H3,(H,26,30)/t13-/m1/s1. The van der Waals surface area contributed by atoms with Crippen LogP contribution < -0.4 is 10.6 Å². The molecule has 0 unspecified atom stereocenters. The summed E-state index contributed by atoms with van der Waals surface area (Å²) in [5, 5.41) is 4.87. The second kappa shape index (κ2) is 10.6. The molecule has 2 aromatic carbocycles. The van der Waals surface area contributed by atoms with Crippen LogP contribution in [0.25, 0.3) is 0 Å². The molecule has 0 bridgehead atoms. The molecule has 2 aromatic rings. The van der Waals surface area contributed by atoms with Crippen LogP contribution in [-0.2, 0) is 20.5 Å². The average molecular weight is 495 g/mol. The number of imide groups is 1. The number of hydrogen-bond donors (Lipinski definition) is 2. The average Bonchev–Trinajstić information content (AvgIpc) is 3.11. The van der Waals surface area contributed by atoms with E-state index < -0.39 is 29.7 Å². The Balaban J connectivity index is 1.60. The molecule has 2 N–H and O–H groups in total. The minimum Gasteiger partial charge on any atom is -0.449 e. The molecule has 3 amide bonds. The number of rotatable bonds is 8. The number of carbonyl (C=O) groups excluding carboxylic acids is 4. The summed E-state index contributed by atoms with van der Waals surface area (Å²) < 4.78 is 44.1. The smallest absolute Gasteiger partial charge is 0.416 e. The number of nitrogens with one attached hydrogen (secondary N) is 2. The van der Waals surface area contributed by atoms with Crippen LogP contribution in [0.2, 0.25) is 0 Å². The van der Waals surface area contributed by atoms with Crippen molar-refractivity contribution in [2.45, 2.75) is 19.2 Å². The SMILES string of the molecule is C[C@@H](OC(=O)c1ccccc1Nc1cccc(C(F)(F)F)c1)C(=O)NCCN1C(=O)CSC1=O. The van der Waals surface area contributed by atoms with E-state index in [2.05, 4.69) is 10.6 Å². The van der Waals surface area contributed by atoms with Crippen molar-refractivity contribution in [3.05, 3.63) is 59.7 Å². The van der Waals surface area contributed by atoms with Crippen molar-refractivity contribution >= 4 is 46.2 Å². The fraction of sp³-hybridized carbons (Fsp3) is 0.273. The van der Waals surface area contributed by atoms with E-state index in [0.29, 0.717) is 0 Å². The Bertz CT molecular complexity index is 1090. The van der Waals surface area contributed by atoms with Crippen LogP contribution in [0.15, 0.2) is 48.5 Å². The summed E-state index contributed by atoms with van der Waals surface area (Å²) in [6, 6.07) is 10.5. The lowest BCUT2D eigenvalue weighted by molar-refractivity contribution is -0.137. The van der Waals surface area contributed by atoms with Crippen molar-refractivity contribution < 1.29 is 37.1 Å². The quantitative estimate of drug-likeness (QED) is 0.537. The van der Waals surface area contributed by atoms with Crippen LogP contribution in [0, 0.1) is 0 Å². The molecule has 0 saturated carbocycles. The van der Waals surface area contributed by atoms with Gasteiger partial charge >= 0.3 is 12.1 Å². The number of thioether (sulfide) groups is 1. The number of para-hydroxylation sites is 1. The van der Waals surface area contributed by atoms with Gasteiger partial charge in [0.25, 0.3) is 11.1 Å². The van der Waals surface area contributed by atoms with Crippen LogP contribution in [0.3, 0.4) is 0 Å². The van der Waals surface area contributed by atoms with Crippen molar-refractivity contribution in [2.75, 3.05) is 24.2 Å². The molecular weight excluding hydrogens is 475 g/mol. The number of anilines is 2. The van der Waals surface area contributed by atoms with Crippen LogP contribution in [0.4, 0.5) is 29.3 Å². The van der Waals surface area contributed by atoms with Crippen LogP contribution in [-0.4, -0.2) is 52.9 Å². The molecule has 0 radical (unpaired) electrons. The van der Waals surface area contributed by atoms with Gasteiger partial charge < -0.3 is 15.4 Å². The van der Waals surface area contributed by atoms with Gasteiger partial charge in [0.05, 0.1) is 22.6 Å². The number of esters is 1. The lowest BCUT2D eigenvalue weighted by Crippen LogP contribution is -2.41. The molecule has 1 aliphatic rings. The molecule has 34 heavy (non-hydrogen) atoms. The Morgan fingerprint density at radius 2 is 1.88 bits per heavy atom. The van der Waals surface area contributed by atoms with Crippen molar-refractivity contribution in [1.29, 1.82) is 0 Å². The summed E-state index contributed by atoms with van der Waals surface area (Å²) in [6.07, 6.45) is -5.72. The zero-order valence-electron chi connectivity index (χ0n) is 17.8. The van der Waals surface area contributed by atoms with E-state index in [1.165, 1.54) is 31.2 Å². The number of halogens is 3. The molecule has 12 heteroatoms. The molecule has 0 aromatic heterocycles. The molecule has 0 aliphatic carbocycles. The highest BCUT2D eigenvalue weighted by molar-refractivity contribution is 8.14. The molecule has 1 fully saturated rings. The minimum absolute atomic E-state index is 0.000810. The Labute approximate surface area is 196 Å². The van der Waals surface area contributed by atoms with E-state index in [9.17, 15) is 32.3 Å². The van der Waals surface area contributed by atoms with Gasteiger partial charge in [-0.2, -0.15) is 13.2 Å². The molecule has 1 aliphatic heterocycles. The van der Waals surface area contributed by atoms with Gasteiger partial charge in [0.2, 0.25) is 5.91 Å². The van der Waals surface area contributed by atoms with Crippen LogP contribution in [0.5, 0.6) is 0 Å². The highest BCUT2D eigenvalue weighted by Crippen LogP contribution is 2.32. The number of amides is 3. The Morgan fingerprint density at radius 3 is 2.56 bits per heavy atom. The van der Waals surface area contributed by atoms with E-state index in [1.54, 1.807) is 12.1 Å². The maximum Gasteiger partial charge on any atom is 0.416 e. The molecule has 0 spiro atoms. The lowest BCUT2D eigenvalue weighted by Gasteiger charge is -2.17. The van der Waals surface area contributed by atoms with E-state index in [4.69, 9.17) is 4.74 Å². The van der Waals surface area contributed by atoms with Gasteiger partial charge in [-0.15, -0.1) is 0 Å². The molecule has 180 valence electrons. The summed E-state index contributed by atoms with van der Waals surface area (Å²) in [5.41, 5.74) is -0.517. The molecular formula is C22H20F3N3O5S. The number of hydrogen-bond acceptors (Lipinski definition) is 7.